The molecular weight excluding hydrogens is 230 g/mol. The number of nitrogens with one attached hydrogen (secondary N) is 1. The Hall–Kier alpha value is -0.450. The minimum Gasteiger partial charge on any atom is -0.311 e. The fraction of sp³-hybridized carbons (Fsp3) is 0.769. The summed E-state index contributed by atoms with van der Waals surface area (Å²) in [5, 5.41) is 4.89. The average Bonchev–Trinajstić information content (AvgIpc) is 2.74. The molecule has 1 saturated heterocycles. The molecule has 1 aromatic heterocycles. The molecule has 0 aliphatic carbocycles. The summed E-state index contributed by atoms with van der Waals surface area (Å²) in [5.41, 5.74) is 0. The van der Waals surface area contributed by atoms with E-state index in [4.69, 9.17) is 0 Å². The van der Waals surface area contributed by atoms with Crippen LogP contribution in [0.2, 0.25) is 0 Å². The summed E-state index contributed by atoms with van der Waals surface area (Å²) in [6.07, 6.45) is 3.23. The van der Waals surface area contributed by atoms with Gasteiger partial charge in [-0.15, -0.1) is 11.3 Å². The van der Waals surface area contributed by atoms with Gasteiger partial charge in [-0.2, -0.15) is 0 Å². The standard InChI is InChI=1S/C13H23N3S/c1-4-10(2)12-8-16(6-5-14-12)9-13-15-7-11(3)17-13/h7,10,12,14H,4-6,8-9H2,1-3H3. The highest BCUT2D eigenvalue weighted by Crippen LogP contribution is 2.17. The topological polar surface area (TPSA) is 28.2 Å². The zero-order valence-electron chi connectivity index (χ0n) is 11.1. The Morgan fingerprint density at radius 3 is 3.12 bits per heavy atom. The van der Waals surface area contributed by atoms with Gasteiger partial charge in [0.25, 0.3) is 0 Å². The second kappa shape index (κ2) is 5.94. The molecule has 0 radical (unpaired) electrons. The first kappa shape index (κ1) is 13.0. The maximum atomic E-state index is 4.46. The van der Waals surface area contributed by atoms with Gasteiger partial charge in [0.15, 0.2) is 0 Å². The summed E-state index contributed by atoms with van der Waals surface area (Å²) in [5.74, 6) is 0.760. The van der Waals surface area contributed by atoms with Gasteiger partial charge in [-0.25, -0.2) is 4.98 Å². The normalized spacial score (nSPS) is 23.8. The molecular formula is C13H23N3S. The fourth-order valence-electron chi connectivity index (χ4n) is 2.32. The monoisotopic (exact) mass is 253 g/mol. The van der Waals surface area contributed by atoms with Crippen molar-refractivity contribution in [1.29, 1.82) is 0 Å². The molecule has 1 fully saturated rings. The summed E-state index contributed by atoms with van der Waals surface area (Å²) < 4.78 is 0. The van der Waals surface area contributed by atoms with Gasteiger partial charge in [0.05, 0.1) is 6.54 Å². The van der Waals surface area contributed by atoms with E-state index in [1.807, 2.05) is 17.5 Å². The van der Waals surface area contributed by atoms with Gasteiger partial charge in [0.2, 0.25) is 0 Å². The molecule has 96 valence electrons. The predicted octanol–water partition coefficient (Wildman–Crippen LogP) is 2.27. The number of thiazole rings is 1. The van der Waals surface area contributed by atoms with Gasteiger partial charge in [-0.05, 0) is 12.8 Å². The van der Waals surface area contributed by atoms with Crippen LogP contribution in [0.1, 0.15) is 30.2 Å². The lowest BCUT2D eigenvalue weighted by Crippen LogP contribution is -2.52. The first-order chi connectivity index (χ1) is 8.19. The number of hydrogen-bond acceptors (Lipinski definition) is 4. The van der Waals surface area contributed by atoms with Crippen LogP contribution in [0.3, 0.4) is 0 Å². The van der Waals surface area contributed by atoms with Crippen molar-refractivity contribution in [1.82, 2.24) is 15.2 Å². The van der Waals surface area contributed by atoms with Crippen molar-refractivity contribution < 1.29 is 0 Å². The van der Waals surface area contributed by atoms with E-state index in [1.54, 1.807) is 0 Å². The summed E-state index contributed by atoms with van der Waals surface area (Å²) >= 11 is 1.82. The van der Waals surface area contributed by atoms with Crippen LogP contribution in [0.5, 0.6) is 0 Å². The Labute approximate surface area is 108 Å². The van der Waals surface area contributed by atoms with Crippen molar-refractivity contribution in [2.75, 3.05) is 19.6 Å². The van der Waals surface area contributed by atoms with Crippen LogP contribution >= 0.6 is 11.3 Å². The Bertz CT molecular complexity index is 350. The molecule has 0 bridgehead atoms. The molecule has 4 heteroatoms. The molecule has 2 unspecified atom stereocenters. The molecule has 17 heavy (non-hydrogen) atoms. The molecule has 0 amide bonds. The molecule has 1 aromatic rings. The van der Waals surface area contributed by atoms with Gasteiger partial charge in [-0.3, -0.25) is 4.90 Å². The molecule has 2 heterocycles. The maximum absolute atomic E-state index is 4.46. The number of aromatic nitrogens is 1. The lowest BCUT2D eigenvalue weighted by Gasteiger charge is -2.36. The highest BCUT2D eigenvalue weighted by Gasteiger charge is 2.23. The van der Waals surface area contributed by atoms with Crippen molar-refractivity contribution in [2.24, 2.45) is 5.92 Å². The Balaban J connectivity index is 1.89. The Morgan fingerprint density at radius 1 is 1.65 bits per heavy atom. The SMILES string of the molecule is CCC(C)C1CN(Cc2ncc(C)s2)CCN1. The van der Waals surface area contributed by atoms with Crippen LogP contribution in [0.25, 0.3) is 0 Å². The average molecular weight is 253 g/mol. The van der Waals surface area contributed by atoms with E-state index < -0.39 is 0 Å². The quantitative estimate of drug-likeness (QED) is 0.892. The molecule has 0 aromatic carbocycles. The fourth-order valence-corrected chi connectivity index (χ4v) is 3.15. The minimum absolute atomic E-state index is 0.648. The number of nitrogens with zero attached hydrogens (tertiary/aromatic N) is 2. The minimum atomic E-state index is 0.648. The van der Waals surface area contributed by atoms with Crippen LogP contribution in [-0.2, 0) is 6.54 Å². The third kappa shape index (κ3) is 3.50. The zero-order chi connectivity index (χ0) is 12.3. The van der Waals surface area contributed by atoms with Gasteiger partial charge >= 0.3 is 0 Å². The highest BCUT2D eigenvalue weighted by atomic mass is 32.1. The van der Waals surface area contributed by atoms with E-state index in [0.717, 1.165) is 32.1 Å². The first-order valence-corrected chi connectivity index (χ1v) is 7.37. The maximum Gasteiger partial charge on any atom is 0.107 e. The van der Waals surface area contributed by atoms with Crippen LogP contribution in [-0.4, -0.2) is 35.6 Å². The van der Waals surface area contributed by atoms with Gasteiger partial charge < -0.3 is 5.32 Å². The van der Waals surface area contributed by atoms with E-state index in [2.05, 4.69) is 36.0 Å². The second-order valence-corrected chi connectivity index (χ2v) is 6.37. The molecule has 1 N–H and O–H groups in total. The van der Waals surface area contributed by atoms with E-state index in [1.165, 1.54) is 16.3 Å². The number of aryl methyl sites for hydroxylation is 1. The largest absolute Gasteiger partial charge is 0.311 e. The van der Waals surface area contributed by atoms with Gasteiger partial charge in [-0.1, -0.05) is 20.3 Å². The van der Waals surface area contributed by atoms with E-state index in [9.17, 15) is 0 Å². The Kier molecular flexibility index (Phi) is 4.54. The van der Waals surface area contributed by atoms with Crippen molar-refractivity contribution in [3.8, 4) is 0 Å². The number of rotatable bonds is 4. The third-order valence-electron chi connectivity index (χ3n) is 3.65. The molecule has 0 spiro atoms. The van der Waals surface area contributed by atoms with E-state index >= 15 is 0 Å². The lowest BCUT2D eigenvalue weighted by molar-refractivity contribution is 0.162. The Morgan fingerprint density at radius 2 is 2.47 bits per heavy atom. The zero-order valence-corrected chi connectivity index (χ0v) is 11.9. The predicted molar refractivity (Wildman–Crippen MR) is 73.4 cm³/mol. The van der Waals surface area contributed by atoms with Crippen LogP contribution in [0, 0.1) is 12.8 Å². The second-order valence-electron chi connectivity index (χ2n) is 5.05. The summed E-state index contributed by atoms with van der Waals surface area (Å²) in [4.78, 5) is 8.30. The van der Waals surface area contributed by atoms with Crippen molar-refractivity contribution in [2.45, 2.75) is 39.8 Å². The molecule has 1 aliphatic rings. The smallest absolute Gasteiger partial charge is 0.107 e. The molecule has 3 nitrogen and oxygen atoms in total. The summed E-state index contributed by atoms with van der Waals surface area (Å²) in [6, 6.07) is 0.648. The summed E-state index contributed by atoms with van der Waals surface area (Å²) in [7, 11) is 0. The molecule has 0 saturated carbocycles. The van der Waals surface area contributed by atoms with E-state index in [-0.39, 0.29) is 0 Å². The highest BCUT2D eigenvalue weighted by molar-refractivity contribution is 7.11. The van der Waals surface area contributed by atoms with Crippen LogP contribution in [0.15, 0.2) is 6.20 Å². The molecule has 2 rings (SSSR count). The number of hydrogen-bond donors (Lipinski definition) is 1. The first-order valence-electron chi connectivity index (χ1n) is 6.56. The third-order valence-corrected chi connectivity index (χ3v) is 4.55. The van der Waals surface area contributed by atoms with Crippen molar-refractivity contribution in [3.05, 3.63) is 16.1 Å². The van der Waals surface area contributed by atoms with Crippen molar-refractivity contribution >= 4 is 11.3 Å². The van der Waals surface area contributed by atoms with Crippen LogP contribution < -0.4 is 5.32 Å². The summed E-state index contributed by atoms with van der Waals surface area (Å²) in [6.45, 7) is 11.2. The van der Waals surface area contributed by atoms with Crippen LogP contribution in [0.4, 0.5) is 0 Å². The molecule has 1 aliphatic heterocycles. The van der Waals surface area contributed by atoms with E-state index in [0.29, 0.717) is 6.04 Å². The van der Waals surface area contributed by atoms with Crippen molar-refractivity contribution in [3.63, 3.8) is 0 Å². The van der Waals surface area contributed by atoms with Gasteiger partial charge in [0.1, 0.15) is 5.01 Å². The van der Waals surface area contributed by atoms with Gasteiger partial charge in [0, 0.05) is 36.8 Å². The number of piperazine rings is 1. The lowest BCUT2D eigenvalue weighted by atomic mass is 9.97. The molecule has 2 atom stereocenters.